The lowest BCUT2D eigenvalue weighted by Gasteiger charge is -2.19. The summed E-state index contributed by atoms with van der Waals surface area (Å²) in [5, 5.41) is 3.68. The molecule has 0 aliphatic carbocycles. The van der Waals surface area contributed by atoms with Crippen LogP contribution in [0.25, 0.3) is 0 Å². The summed E-state index contributed by atoms with van der Waals surface area (Å²) >= 11 is 1.61. The minimum atomic E-state index is -0.0557. The maximum Gasteiger partial charge on any atom is 0.254 e. The van der Waals surface area contributed by atoms with Crippen LogP contribution >= 0.6 is 11.8 Å². The van der Waals surface area contributed by atoms with Crippen LogP contribution in [0.2, 0.25) is 0 Å². The van der Waals surface area contributed by atoms with E-state index in [4.69, 9.17) is 0 Å². The smallest absolute Gasteiger partial charge is 0.254 e. The number of thioether (sulfide) groups is 1. The van der Waals surface area contributed by atoms with Crippen molar-refractivity contribution in [3.8, 4) is 0 Å². The van der Waals surface area contributed by atoms with Gasteiger partial charge < -0.3 is 5.32 Å². The van der Waals surface area contributed by atoms with E-state index in [0.717, 1.165) is 5.03 Å². The van der Waals surface area contributed by atoms with Gasteiger partial charge in [0.25, 0.3) is 5.91 Å². The highest BCUT2D eigenvalue weighted by Gasteiger charge is 2.19. The van der Waals surface area contributed by atoms with Crippen LogP contribution < -0.4 is 5.32 Å². The molecule has 0 atom stereocenters. The Kier molecular flexibility index (Phi) is 4.57. The van der Waals surface area contributed by atoms with Crippen molar-refractivity contribution in [3.05, 3.63) is 23.9 Å². The SMILES string of the molecule is CC(C)NC(=O)c1cccnc1SC(C)(C)C. The largest absolute Gasteiger partial charge is 0.350 e. The molecule has 1 amide bonds. The van der Waals surface area contributed by atoms with E-state index in [2.05, 4.69) is 31.1 Å². The Morgan fingerprint density at radius 3 is 2.59 bits per heavy atom. The molecule has 94 valence electrons. The topological polar surface area (TPSA) is 42.0 Å². The molecule has 0 bridgehead atoms. The van der Waals surface area contributed by atoms with Crippen molar-refractivity contribution in [3.63, 3.8) is 0 Å². The highest BCUT2D eigenvalue weighted by Crippen LogP contribution is 2.32. The Bertz CT molecular complexity index is 397. The third-order valence-electron chi connectivity index (χ3n) is 1.84. The van der Waals surface area contributed by atoms with Gasteiger partial charge in [-0.2, -0.15) is 0 Å². The van der Waals surface area contributed by atoms with Crippen LogP contribution in [0.1, 0.15) is 45.0 Å². The third-order valence-corrected chi connectivity index (χ3v) is 2.97. The zero-order chi connectivity index (χ0) is 13.1. The standard InChI is InChI=1S/C13H20N2OS/c1-9(2)15-11(16)10-7-6-8-14-12(10)17-13(3,4)5/h6-9H,1-5H3,(H,15,16). The van der Waals surface area contributed by atoms with Gasteiger partial charge in [-0.1, -0.05) is 32.5 Å². The van der Waals surface area contributed by atoms with Crippen molar-refractivity contribution < 1.29 is 4.79 Å². The molecule has 1 heterocycles. The molecule has 0 spiro atoms. The fraction of sp³-hybridized carbons (Fsp3) is 0.538. The first-order valence-electron chi connectivity index (χ1n) is 5.74. The van der Waals surface area contributed by atoms with Crippen LogP contribution in [0.15, 0.2) is 23.4 Å². The molecule has 1 aromatic rings. The lowest BCUT2D eigenvalue weighted by molar-refractivity contribution is 0.0939. The first-order chi connectivity index (χ1) is 7.79. The quantitative estimate of drug-likeness (QED) is 0.840. The normalized spacial score (nSPS) is 11.6. The molecule has 0 fully saturated rings. The van der Waals surface area contributed by atoms with Crippen molar-refractivity contribution in [1.29, 1.82) is 0 Å². The molecule has 0 aliphatic heterocycles. The van der Waals surface area contributed by atoms with Gasteiger partial charge >= 0.3 is 0 Å². The molecular weight excluding hydrogens is 232 g/mol. The maximum atomic E-state index is 12.0. The second-order valence-electron chi connectivity index (χ2n) is 5.20. The van der Waals surface area contributed by atoms with Gasteiger partial charge in [0.15, 0.2) is 0 Å². The van der Waals surface area contributed by atoms with Gasteiger partial charge in [0.2, 0.25) is 0 Å². The van der Waals surface area contributed by atoms with E-state index in [1.54, 1.807) is 24.0 Å². The summed E-state index contributed by atoms with van der Waals surface area (Å²) in [4.78, 5) is 16.3. The lowest BCUT2D eigenvalue weighted by atomic mass is 10.2. The van der Waals surface area contributed by atoms with Crippen LogP contribution in [0.4, 0.5) is 0 Å². The first-order valence-corrected chi connectivity index (χ1v) is 6.56. The number of rotatable bonds is 3. The highest BCUT2D eigenvalue weighted by molar-refractivity contribution is 8.00. The monoisotopic (exact) mass is 252 g/mol. The molecule has 1 aromatic heterocycles. The number of nitrogens with one attached hydrogen (secondary N) is 1. The van der Waals surface area contributed by atoms with Crippen molar-refractivity contribution in [2.45, 2.75) is 50.4 Å². The predicted molar refractivity (Wildman–Crippen MR) is 72.4 cm³/mol. The molecule has 1 rings (SSSR count). The van der Waals surface area contributed by atoms with Crippen LogP contribution in [-0.2, 0) is 0 Å². The minimum absolute atomic E-state index is 0.0429. The Labute approximate surface area is 107 Å². The Hall–Kier alpha value is -1.03. The zero-order valence-corrected chi connectivity index (χ0v) is 11.9. The average molecular weight is 252 g/mol. The molecule has 1 N–H and O–H groups in total. The van der Waals surface area contributed by atoms with Gasteiger partial charge in [0.1, 0.15) is 5.03 Å². The Morgan fingerprint density at radius 1 is 1.41 bits per heavy atom. The van der Waals surface area contributed by atoms with E-state index in [-0.39, 0.29) is 16.7 Å². The summed E-state index contributed by atoms with van der Waals surface area (Å²) in [6.45, 7) is 10.2. The van der Waals surface area contributed by atoms with Gasteiger partial charge in [-0.05, 0) is 26.0 Å². The van der Waals surface area contributed by atoms with Gasteiger partial charge in [-0.3, -0.25) is 4.79 Å². The minimum Gasteiger partial charge on any atom is -0.350 e. The summed E-state index contributed by atoms with van der Waals surface area (Å²) in [5.41, 5.74) is 0.654. The van der Waals surface area contributed by atoms with E-state index in [1.807, 2.05) is 19.9 Å². The van der Waals surface area contributed by atoms with Crippen LogP contribution in [-0.4, -0.2) is 21.7 Å². The third kappa shape index (κ3) is 4.77. The van der Waals surface area contributed by atoms with Gasteiger partial charge in [0, 0.05) is 17.0 Å². The Morgan fingerprint density at radius 2 is 2.06 bits per heavy atom. The van der Waals surface area contributed by atoms with E-state index in [9.17, 15) is 4.79 Å². The molecule has 0 aromatic carbocycles. The van der Waals surface area contributed by atoms with E-state index >= 15 is 0 Å². The van der Waals surface area contributed by atoms with Crippen LogP contribution in [0.3, 0.4) is 0 Å². The number of aromatic nitrogens is 1. The number of carbonyl (C=O) groups excluding carboxylic acids is 1. The number of nitrogens with zero attached hydrogens (tertiary/aromatic N) is 1. The molecule has 3 nitrogen and oxygen atoms in total. The second kappa shape index (κ2) is 5.54. The summed E-state index contributed by atoms with van der Waals surface area (Å²) in [5.74, 6) is -0.0557. The van der Waals surface area contributed by atoms with Gasteiger partial charge in [0.05, 0.1) is 5.56 Å². The average Bonchev–Trinajstić information content (AvgIpc) is 2.14. The molecule has 0 radical (unpaired) electrons. The fourth-order valence-corrected chi connectivity index (χ4v) is 2.24. The zero-order valence-electron chi connectivity index (χ0n) is 11.1. The van der Waals surface area contributed by atoms with Crippen LogP contribution in [0.5, 0.6) is 0 Å². The van der Waals surface area contributed by atoms with E-state index < -0.39 is 0 Å². The molecule has 0 saturated heterocycles. The maximum absolute atomic E-state index is 12.0. The summed E-state index contributed by atoms with van der Waals surface area (Å²) in [6.07, 6.45) is 1.72. The highest BCUT2D eigenvalue weighted by atomic mass is 32.2. The summed E-state index contributed by atoms with van der Waals surface area (Å²) in [6, 6.07) is 3.75. The number of pyridine rings is 1. The molecule has 0 aliphatic rings. The summed E-state index contributed by atoms with van der Waals surface area (Å²) < 4.78 is 0.0429. The van der Waals surface area contributed by atoms with Crippen molar-refractivity contribution in [2.24, 2.45) is 0 Å². The van der Waals surface area contributed by atoms with E-state index in [1.165, 1.54) is 0 Å². The number of carbonyl (C=O) groups is 1. The fourth-order valence-electron chi connectivity index (χ4n) is 1.27. The Balaban J connectivity index is 2.95. The van der Waals surface area contributed by atoms with Crippen LogP contribution in [0, 0.1) is 0 Å². The van der Waals surface area contributed by atoms with Gasteiger partial charge in [-0.15, -0.1) is 0 Å². The number of amides is 1. The molecular formula is C13H20N2OS. The van der Waals surface area contributed by atoms with Gasteiger partial charge in [-0.25, -0.2) is 4.98 Å². The molecule has 4 heteroatoms. The van der Waals surface area contributed by atoms with Crippen molar-refractivity contribution >= 4 is 17.7 Å². The predicted octanol–water partition coefficient (Wildman–Crippen LogP) is 3.11. The first kappa shape index (κ1) is 14.0. The molecule has 0 saturated carbocycles. The number of hydrogen-bond donors (Lipinski definition) is 1. The number of hydrogen-bond acceptors (Lipinski definition) is 3. The second-order valence-corrected chi connectivity index (χ2v) is 7.01. The lowest BCUT2D eigenvalue weighted by Crippen LogP contribution is -2.30. The molecule has 17 heavy (non-hydrogen) atoms. The van der Waals surface area contributed by atoms with E-state index in [0.29, 0.717) is 5.56 Å². The summed E-state index contributed by atoms with van der Waals surface area (Å²) in [7, 11) is 0. The van der Waals surface area contributed by atoms with Crippen molar-refractivity contribution in [1.82, 2.24) is 10.3 Å². The van der Waals surface area contributed by atoms with Crippen molar-refractivity contribution in [2.75, 3.05) is 0 Å². The molecule has 0 unspecified atom stereocenters.